The topological polar surface area (TPSA) is 58.6 Å². The first kappa shape index (κ1) is 13.3. The number of nitrogens with zero attached hydrogens (tertiary/aromatic N) is 1. The largest absolute Gasteiger partial charge is 0.381 e. The van der Waals surface area contributed by atoms with Gasteiger partial charge in [-0.05, 0) is 31.7 Å². The Morgan fingerprint density at radius 2 is 2.24 bits per heavy atom. The fourth-order valence-corrected chi connectivity index (χ4v) is 4.14. The molecule has 1 unspecified atom stereocenters. The quantitative estimate of drug-likeness (QED) is 0.711. The zero-order valence-corrected chi connectivity index (χ0v) is 11.3. The molecule has 5 nitrogen and oxygen atoms in total. The fourth-order valence-electron chi connectivity index (χ4n) is 2.71. The van der Waals surface area contributed by atoms with Gasteiger partial charge in [0, 0.05) is 26.2 Å². The van der Waals surface area contributed by atoms with Crippen LogP contribution >= 0.6 is 0 Å². The molecule has 2 fully saturated rings. The molecule has 0 saturated carbocycles. The number of hydrogen-bond donors (Lipinski definition) is 1. The molecule has 2 aliphatic heterocycles. The zero-order chi connectivity index (χ0) is 12.4. The molecule has 0 bridgehead atoms. The molecule has 1 atom stereocenters. The summed E-state index contributed by atoms with van der Waals surface area (Å²) in [6.07, 6.45) is 2.10. The summed E-state index contributed by atoms with van der Waals surface area (Å²) in [7, 11) is -3.12. The van der Waals surface area contributed by atoms with Crippen LogP contribution in [0.2, 0.25) is 0 Å². The van der Waals surface area contributed by atoms with Crippen molar-refractivity contribution in [3.05, 3.63) is 0 Å². The van der Waals surface area contributed by atoms with Crippen LogP contribution in [0.1, 0.15) is 19.8 Å². The molecule has 6 heteroatoms. The van der Waals surface area contributed by atoms with E-state index in [0.717, 1.165) is 25.9 Å². The molecule has 0 amide bonds. The average Bonchev–Trinajstić information content (AvgIpc) is 2.90. The van der Waals surface area contributed by atoms with Gasteiger partial charge in [-0.2, -0.15) is 0 Å². The molecular formula is C11H22N2O3S. The molecule has 2 heterocycles. The van der Waals surface area contributed by atoms with Gasteiger partial charge in [0.2, 0.25) is 10.0 Å². The van der Waals surface area contributed by atoms with Gasteiger partial charge in [0.25, 0.3) is 0 Å². The summed E-state index contributed by atoms with van der Waals surface area (Å²) in [4.78, 5) is 0. The number of hydrogen-bond acceptors (Lipinski definition) is 4. The van der Waals surface area contributed by atoms with Crippen LogP contribution in [-0.2, 0) is 14.8 Å². The van der Waals surface area contributed by atoms with Crippen LogP contribution in [0.15, 0.2) is 0 Å². The van der Waals surface area contributed by atoms with Crippen molar-refractivity contribution in [1.82, 2.24) is 9.62 Å². The molecule has 2 saturated heterocycles. The highest BCUT2D eigenvalue weighted by molar-refractivity contribution is 7.89. The third-order valence-electron chi connectivity index (χ3n) is 3.82. The first-order chi connectivity index (χ1) is 8.08. The molecular weight excluding hydrogens is 240 g/mol. The average molecular weight is 262 g/mol. The lowest BCUT2D eigenvalue weighted by atomic mass is 9.87. The van der Waals surface area contributed by atoms with E-state index in [0.29, 0.717) is 26.3 Å². The Labute approximate surface area is 104 Å². The fraction of sp³-hybridized carbons (Fsp3) is 1.00. The van der Waals surface area contributed by atoms with Crippen LogP contribution < -0.4 is 5.32 Å². The van der Waals surface area contributed by atoms with Crippen molar-refractivity contribution in [3.8, 4) is 0 Å². The first-order valence-corrected chi connectivity index (χ1v) is 7.95. The van der Waals surface area contributed by atoms with Gasteiger partial charge >= 0.3 is 0 Å². The van der Waals surface area contributed by atoms with Crippen LogP contribution in [0.5, 0.6) is 0 Å². The minimum absolute atomic E-state index is 0.115. The smallest absolute Gasteiger partial charge is 0.216 e. The van der Waals surface area contributed by atoms with Crippen molar-refractivity contribution in [3.63, 3.8) is 0 Å². The Kier molecular flexibility index (Phi) is 4.07. The van der Waals surface area contributed by atoms with Gasteiger partial charge in [-0.1, -0.05) is 0 Å². The van der Waals surface area contributed by atoms with E-state index < -0.39 is 10.0 Å². The lowest BCUT2D eigenvalue weighted by Crippen LogP contribution is -2.35. The van der Waals surface area contributed by atoms with Crippen LogP contribution in [-0.4, -0.2) is 57.9 Å². The third kappa shape index (κ3) is 2.99. The van der Waals surface area contributed by atoms with E-state index in [9.17, 15) is 8.42 Å². The van der Waals surface area contributed by atoms with Gasteiger partial charge in [0.05, 0.1) is 12.4 Å². The van der Waals surface area contributed by atoms with Crippen molar-refractivity contribution in [2.45, 2.75) is 19.8 Å². The Hall–Kier alpha value is -0.170. The predicted octanol–water partition coefficient (Wildman–Crippen LogP) is 0.0381. The molecule has 1 spiro atoms. The van der Waals surface area contributed by atoms with E-state index in [-0.39, 0.29) is 11.2 Å². The highest BCUT2D eigenvalue weighted by Gasteiger charge is 2.43. The summed E-state index contributed by atoms with van der Waals surface area (Å²) in [5.41, 5.74) is 0.207. The van der Waals surface area contributed by atoms with E-state index in [4.69, 9.17) is 4.74 Å². The van der Waals surface area contributed by atoms with Gasteiger partial charge in [-0.25, -0.2) is 12.7 Å². The normalized spacial score (nSPS) is 30.4. The Morgan fingerprint density at radius 1 is 1.41 bits per heavy atom. The van der Waals surface area contributed by atoms with Gasteiger partial charge in [0.1, 0.15) is 0 Å². The molecule has 100 valence electrons. The van der Waals surface area contributed by atoms with Gasteiger partial charge in [0.15, 0.2) is 0 Å². The minimum Gasteiger partial charge on any atom is -0.381 e. The molecule has 0 aromatic carbocycles. The van der Waals surface area contributed by atoms with Crippen molar-refractivity contribution in [1.29, 1.82) is 0 Å². The highest BCUT2D eigenvalue weighted by atomic mass is 32.2. The van der Waals surface area contributed by atoms with Crippen LogP contribution in [0, 0.1) is 5.41 Å². The van der Waals surface area contributed by atoms with E-state index in [1.807, 2.05) is 6.92 Å². The maximum absolute atomic E-state index is 12.1. The van der Waals surface area contributed by atoms with Gasteiger partial charge in [-0.3, -0.25) is 0 Å². The summed E-state index contributed by atoms with van der Waals surface area (Å²) < 4.78 is 30.9. The summed E-state index contributed by atoms with van der Waals surface area (Å²) in [6.45, 7) is 6.10. The van der Waals surface area contributed by atoms with Crippen molar-refractivity contribution >= 4 is 10.0 Å². The number of rotatable bonds is 5. The minimum atomic E-state index is -3.12. The molecule has 0 radical (unpaired) electrons. The van der Waals surface area contributed by atoms with E-state index in [1.165, 1.54) is 0 Å². The van der Waals surface area contributed by atoms with Crippen molar-refractivity contribution in [2.24, 2.45) is 5.41 Å². The Bertz CT molecular complexity index is 350. The number of ether oxygens (including phenoxy) is 1. The maximum atomic E-state index is 12.1. The third-order valence-corrected chi connectivity index (χ3v) is 5.60. The number of sulfonamides is 1. The Balaban J connectivity index is 1.90. The standard InChI is InChI=1S/C11H22N2O3S/c1-2-16-7-8-17(14,15)13-6-4-11(10-13)3-5-12-9-11/h12H,2-10H2,1H3. The molecule has 0 aromatic rings. The van der Waals surface area contributed by atoms with Crippen molar-refractivity contribution < 1.29 is 13.2 Å². The summed E-state index contributed by atoms with van der Waals surface area (Å²) in [5.74, 6) is 0.115. The zero-order valence-electron chi connectivity index (χ0n) is 10.4. The summed E-state index contributed by atoms with van der Waals surface area (Å²) in [6, 6.07) is 0. The second-order valence-electron chi connectivity index (χ2n) is 5.02. The predicted molar refractivity (Wildman–Crippen MR) is 66.4 cm³/mol. The first-order valence-electron chi connectivity index (χ1n) is 6.34. The lowest BCUT2D eigenvalue weighted by Gasteiger charge is -2.22. The van der Waals surface area contributed by atoms with Gasteiger partial charge < -0.3 is 10.1 Å². The Morgan fingerprint density at radius 3 is 2.88 bits per heavy atom. The lowest BCUT2D eigenvalue weighted by molar-refractivity contribution is 0.162. The van der Waals surface area contributed by atoms with E-state index in [1.54, 1.807) is 4.31 Å². The summed E-state index contributed by atoms with van der Waals surface area (Å²) in [5, 5.41) is 3.33. The SMILES string of the molecule is CCOCCS(=O)(=O)N1CCC2(CCNC2)C1. The van der Waals surface area contributed by atoms with Crippen LogP contribution in [0.4, 0.5) is 0 Å². The second kappa shape index (κ2) is 5.22. The van der Waals surface area contributed by atoms with E-state index in [2.05, 4.69) is 5.32 Å². The molecule has 1 N–H and O–H groups in total. The molecule has 0 aromatic heterocycles. The molecule has 2 aliphatic rings. The number of nitrogens with one attached hydrogen (secondary N) is 1. The van der Waals surface area contributed by atoms with Gasteiger partial charge in [-0.15, -0.1) is 0 Å². The second-order valence-corrected chi connectivity index (χ2v) is 7.11. The monoisotopic (exact) mass is 262 g/mol. The van der Waals surface area contributed by atoms with Crippen LogP contribution in [0.3, 0.4) is 0 Å². The summed E-state index contributed by atoms with van der Waals surface area (Å²) >= 11 is 0. The maximum Gasteiger partial charge on any atom is 0.216 e. The van der Waals surface area contributed by atoms with Crippen LogP contribution in [0.25, 0.3) is 0 Å². The highest BCUT2D eigenvalue weighted by Crippen LogP contribution is 2.37. The molecule has 2 rings (SSSR count). The van der Waals surface area contributed by atoms with E-state index >= 15 is 0 Å². The van der Waals surface area contributed by atoms with Crippen molar-refractivity contribution in [2.75, 3.05) is 45.1 Å². The molecule has 17 heavy (non-hydrogen) atoms. The molecule has 0 aliphatic carbocycles.